The summed E-state index contributed by atoms with van der Waals surface area (Å²) in [5.41, 5.74) is -0.0329. The van der Waals surface area contributed by atoms with Crippen molar-refractivity contribution in [2.75, 3.05) is 6.61 Å². The lowest BCUT2D eigenvalue weighted by Gasteiger charge is -2.59. The van der Waals surface area contributed by atoms with Crippen LogP contribution < -0.4 is 0 Å². The van der Waals surface area contributed by atoms with E-state index in [-0.39, 0.29) is 23.2 Å². The van der Waals surface area contributed by atoms with Crippen LogP contribution >= 0.6 is 0 Å². The molecule has 4 nitrogen and oxygen atoms in total. The summed E-state index contributed by atoms with van der Waals surface area (Å²) in [6, 6.07) is 0. The van der Waals surface area contributed by atoms with Gasteiger partial charge in [0.2, 0.25) is 0 Å². The summed E-state index contributed by atoms with van der Waals surface area (Å²) < 4.78 is 0. The van der Waals surface area contributed by atoms with Crippen LogP contribution in [-0.2, 0) is 4.79 Å². The lowest BCUT2D eigenvalue weighted by Crippen LogP contribution is -2.61. The predicted molar refractivity (Wildman–Crippen MR) is 99.2 cm³/mol. The Kier molecular flexibility index (Phi) is 3.93. The first-order chi connectivity index (χ1) is 12.2. The van der Waals surface area contributed by atoms with Crippen molar-refractivity contribution < 1.29 is 20.1 Å². The second-order valence-electron chi connectivity index (χ2n) is 9.36. The molecule has 4 heteroatoms. The summed E-state index contributed by atoms with van der Waals surface area (Å²) in [4.78, 5) is 12.4. The molecule has 4 rings (SSSR count). The van der Waals surface area contributed by atoms with Crippen molar-refractivity contribution in [1.82, 2.24) is 0 Å². The number of carbonyl (C=O) groups excluding carboxylic acids is 1. The van der Waals surface area contributed by atoms with E-state index in [1.54, 1.807) is 0 Å². The molecule has 26 heavy (non-hydrogen) atoms. The Morgan fingerprint density at radius 3 is 2.77 bits per heavy atom. The van der Waals surface area contributed by atoms with Crippen molar-refractivity contribution in [3.8, 4) is 0 Å². The highest BCUT2D eigenvalue weighted by atomic mass is 16.3. The highest BCUT2D eigenvalue weighted by molar-refractivity contribution is 5.89. The minimum Gasteiger partial charge on any atom is -0.393 e. The molecule has 0 radical (unpaired) electrons. The van der Waals surface area contributed by atoms with Gasteiger partial charge >= 0.3 is 0 Å². The van der Waals surface area contributed by atoms with Gasteiger partial charge in [-0.3, -0.25) is 4.79 Å². The largest absolute Gasteiger partial charge is 0.393 e. The lowest BCUT2D eigenvalue weighted by molar-refractivity contribution is -0.178. The number of ketones is 1. The Hall–Kier alpha value is -1.23. The number of aliphatic hydroxyl groups excluding tert-OH is 2. The topological polar surface area (TPSA) is 77.8 Å². The standard InChI is InChI=1S/C22H30O4/c1-13-6-8-20(2)14(10-13)4-5-15-16-7-9-22(26,18(25)12-23)21(16,3)11-17(24)19(15)20/h6,8,10,15-17,19,23-24,26H,1,4-5,7,9,11-12H2,2-3H3/t15-,16-,17-,19+,20-,21-,22-/m0/s1. The Morgan fingerprint density at radius 1 is 1.35 bits per heavy atom. The molecule has 4 aliphatic rings. The Bertz CT molecular complexity index is 722. The molecule has 0 bridgehead atoms. The Labute approximate surface area is 155 Å². The van der Waals surface area contributed by atoms with Gasteiger partial charge < -0.3 is 15.3 Å². The molecular formula is C22H30O4. The first kappa shape index (κ1) is 18.1. The van der Waals surface area contributed by atoms with Crippen molar-refractivity contribution in [2.24, 2.45) is 28.6 Å². The summed E-state index contributed by atoms with van der Waals surface area (Å²) in [5, 5.41) is 31.8. The zero-order valence-electron chi connectivity index (χ0n) is 15.7. The maximum Gasteiger partial charge on any atom is 0.190 e. The van der Waals surface area contributed by atoms with Gasteiger partial charge in [0.25, 0.3) is 0 Å². The zero-order valence-corrected chi connectivity index (χ0v) is 15.7. The van der Waals surface area contributed by atoms with Crippen LogP contribution in [0.3, 0.4) is 0 Å². The van der Waals surface area contributed by atoms with Crippen LogP contribution in [0.5, 0.6) is 0 Å². The minimum absolute atomic E-state index is 0.0940. The molecule has 0 aromatic heterocycles. The summed E-state index contributed by atoms with van der Waals surface area (Å²) >= 11 is 0. The summed E-state index contributed by atoms with van der Waals surface area (Å²) in [6.07, 6.45) is 9.33. The maximum atomic E-state index is 12.4. The van der Waals surface area contributed by atoms with Crippen LogP contribution in [0.4, 0.5) is 0 Å². The van der Waals surface area contributed by atoms with Crippen LogP contribution in [0, 0.1) is 28.6 Å². The SMILES string of the molecule is C=C1C=C[C@@]2(C)C(=C1)CC[C@@H]1[C@@H]2[C@@H](O)C[C@@]2(C)[C@H]1CC[C@]2(O)C(=O)CO. The minimum atomic E-state index is -1.52. The van der Waals surface area contributed by atoms with E-state index in [4.69, 9.17) is 0 Å². The summed E-state index contributed by atoms with van der Waals surface area (Å²) in [6.45, 7) is 7.57. The monoisotopic (exact) mass is 358 g/mol. The smallest absolute Gasteiger partial charge is 0.190 e. The molecule has 3 saturated carbocycles. The van der Waals surface area contributed by atoms with Crippen molar-refractivity contribution in [3.05, 3.63) is 36.0 Å². The first-order valence-electron chi connectivity index (χ1n) is 9.81. The molecule has 3 fully saturated rings. The molecule has 0 aromatic rings. The fraction of sp³-hybridized carbons (Fsp3) is 0.682. The molecule has 0 aliphatic heterocycles. The van der Waals surface area contributed by atoms with Crippen molar-refractivity contribution in [3.63, 3.8) is 0 Å². The second-order valence-corrected chi connectivity index (χ2v) is 9.36. The molecule has 0 aromatic carbocycles. The van der Waals surface area contributed by atoms with E-state index in [0.29, 0.717) is 12.8 Å². The van der Waals surface area contributed by atoms with Crippen LogP contribution in [0.15, 0.2) is 36.0 Å². The zero-order chi connectivity index (χ0) is 18.9. The first-order valence-corrected chi connectivity index (χ1v) is 9.81. The van der Waals surface area contributed by atoms with E-state index in [0.717, 1.165) is 24.8 Å². The number of aliphatic hydroxyl groups is 3. The number of rotatable bonds is 2. The van der Waals surface area contributed by atoms with Gasteiger partial charge in [-0.1, -0.05) is 44.2 Å². The highest BCUT2D eigenvalue weighted by Gasteiger charge is 2.67. The van der Waals surface area contributed by atoms with Gasteiger partial charge in [0.1, 0.15) is 12.2 Å². The van der Waals surface area contributed by atoms with Gasteiger partial charge in [-0.2, -0.15) is 0 Å². The van der Waals surface area contributed by atoms with Gasteiger partial charge in [-0.05, 0) is 49.5 Å². The van der Waals surface area contributed by atoms with Gasteiger partial charge in [0, 0.05) is 16.7 Å². The van der Waals surface area contributed by atoms with Gasteiger partial charge in [-0.15, -0.1) is 0 Å². The van der Waals surface area contributed by atoms with E-state index < -0.39 is 29.5 Å². The highest BCUT2D eigenvalue weighted by Crippen LogP contribution is 2.67. The van der Waals surface area contributed by atoms with E-state index in [1.165, 1.54) is 5.57 Å². The molecule has 0 spiro atoms. The third-order valence-electron chi connectivity index (χ3n) is 8.35. The maximum absolute atomic E-state index is 12.4. The Morgan fingerprint density at radius 2 is 2.08 bits per heavy atom. The average molecular weight is 358 g/mol. The van der Waals surface area contributed by atoms with Crippen molar-refractivity contribution in [1.29, 1.82) is 0 Å². The predicted octanol–water partition coefficient (Wildman–Crippen LogP) is 2.54. The number of carbonyl (C=O) groups is 1. The normalized spacial score (nSPS) is 49.9. The van der Waals surface area contributed by atoms with Gasteiger partial charge in [0.15, 0.2) is 5.78 Å². The molecule has 7 atom stereocenters. The van der Waals surface area contributed by atoms with Crippen molar-refractivity contribution in [2.45, 2.75) is 57.7 Å². The molecule has 142 valence electrons. The molecule has 0 amide bonds. The average Bonchev–Trinajstić information content (AvgIpc) is 2.86. The van der Waals surface area contributed by atoms with Gasteiger partial charge in [0.05, 0.1) is 6.10 Å². The number of allylic oxidation sites excluding steroid dienone is 5. The van der Waals surface area contributed by atoms with Crippen LogP contribution in [-0.4, -0.2) is 39.4 Å². The molecule has 3 N–H and O–H groups in total. The summed E-state index contributed by atoms with van der Waals surface area (Å²) in [7, 11) is 0. The number of fused-ring (bicyclic) bond motifs is 5. The quantitative estimate of drug-likeness (QED) is 0.709. The fourth-order valence-electron chi connectivity index (χ4n) is 7.00. The van der Waals surface area contributed by atoms with Crippen molar-refractivity contribution >= 4 is 5.78 Å². The van der Waals surface area contributed by atoms with E-state index in [1.807, 2.05) is 13.0 Å². The molecule has 0 unspecified atom stereocenters. The third kappa shape index (κ3) is 2.10. The third-order valence-corrected chi connectivity index (χ3v) is 8.35. The van der Waals surface area contributed by atoms with E-state index >= 15 is 0 Å². The van der Waals surface area contributed by atoms with Crippen LogP contribution in [0.1, 0.15) is 46.0 Å². The molecule has 0 saturated heterocycles. The number of Topliss-reactive ketones (excluding diaryl/α,β-unsaturated/α-hetero) is 1. The van der Waals surface area contributed by atoms with E-state index in [2.05, 4.69) is 25.7 Å². The van der Waals surface area contributed by atoms with Crippen LogP contribution in [0.2, 0.25) is 0 Å². The van der Waals surface area contributed by atoms with Crippen LogP contribution in [0.25, 0.3) is 0 Å². The fourth-order valence-corrected chi connectivity index (χ4v) is 7.00. The second kappa shape index (κ2) is 5.63. The lowest BCUT2D eigenvalue weighted by atomic mass is 9.46. The number of hydrogen-bond donors (Lipinski definition) is 3. The van der Waals surface area contributed by atoms with E-state index in [9.17, 15) is 20.1 Å². The molecule has 4 aliphatic carbocycles. The number of hydrogen-bond acceptors (Lipinski definition) is 4. The summed E-state index contributed by atoms with van der Waals surface area (Å²) in [5.74, 6) is 0.0526. The molecular weight excluding hydrogens is 328 g/mol. The van der Waals surface area contributed by atoms with Gasteiger partial charge in [-0.25, -0.2) is 0 Å². The Balaban J connectivity index is 1.75. The molecule has 0 heterocycles.